The summed E-state index contributed by atoms with van der Waals surface area (Å²) in [7, 11) is 0. The third-order valence-corrected chi connectivity index (χ3v) is 1.74. The molecule has 0 aromatic heterocycles. The van der Waals surface area contributed by atoms with Gasteiger partial charge in [-0.25, -0.2) is 0 Å². The normalized spacial score (nSPS) is 14.8. The summed E-state index contributed by atoms with van der Waals surface area (Å²) >= 11 is 0. The molecular weight excluding hydrogens is 168 g/mol. The van der Waals surface area contributed by atoms with Gasteiger partial charge in [-0.2, -0.15) is 5.11 Å². The molecule has 0 aliphatic carbocycles. The van der Waals surface area contributed by atoms with Crippen molar-refractivity contribution in [3.8, 4) is 5.75 Å². The molecule has 0 radical (unpaired) electrons. The minimum absolute atomic E-state index is 0.170. The van der Waals surface area contributed by atoms with E-state index in [0.717, 1.165) is 0 Å². The van der Waals surface area contributed by atoms with Crippen molar-refractivity contribution in [1.82, 2.24) is 0 Å². The Bertz CT molecular complexity index is 404. The average Bonchev–Trinajstić information content (AvgIpc) is 2.53. The van der Waals surface area contributed by atoms with Crippen LogP contribution in [0, 0.1) is 0 Å². The SMILES string of the molecule is O=C1N=NC=C1c1ccc(O)cc1. The lowest BCUT2D eigenvalue weighted by molar-refractivity contribution is -0.112. The summed E-state index contributed by atoms with van der Waals surface area (Å²) in [4.78, 5) is 11.1. The van der Waals surface area contributed by atoms with E-state index in [9.17, 15) is 4.79 Å². The van der Waals surface area contributed by atoms with Gasteiger partial charge in [-0.1, -0.05) is 12.1 Å². The van der Waals surface area contributed by atoms with E-state index in [1.807, 2.05) is 0 Å². The van der Waals surface area contributed by atoms with Gasteiger partial charge in [0.25, 0.3) is 5.91 Å². The maximum Gasteiger partial charge on any atom is 0.297 e. The maximum atomic E-state index is 11.1. The first kappa shape index (κ1) is 7.67. The van der Waals surface area contributed by atoms with Gasteiger partial charge >= 0.3 is 0 Å². The number of carbonyl (C=O) groups excluding carboxylic acids is 1. The van der Waals surface area contributed by atoms with Crippen LogP contribution in [0.3, 0.4) is 0 Å². The molecule has 4 heteroatoms. The van der Waals surface area contributed by atoms with Crippen molar-refractivity contribution in [2.24, 2.45) is 10.2 Å². The highest BCUT2D eigenvalue weighted by Gasteiger charge is 2.14. The number of hydrogen-bond donors (Lipinski definition) is 1. The Hall–Kier alpha value is -1.97. The molecule has 64 valence electrons. The molecule has 1 aromatic rings. The van der Waals surface area contributed by atoms with E-state index in [-0.39, 0.29) is 11.7 Å². The second-order valence-electron chi connectivity index (χ2n) is 2.61. The third-order valence-electron chi connectivity index (χ3n) is 1.74. The summed E-state index contributed by atoms with van der Waals surface area (Å²) in [6.07, 6.45) is 1.41. The van der Waals surface area contributed by atoms with E-state index in [1.165, 1.54) is 18.3 Å². The van der Waals surface area contributed by atoms with Gasteiger partial charge in [0.15, 0.2) is 0 Å². The third kappa shape index (κ3) is 1.33. The zero-order valence-corrected chi connectivity index (χ0v) is 6.64. The first-order valence-electron chi connectivity index (χ1n) is 3.72. The van der Waals surface area contributed by atoms with Crippen molar-refractivity contribution in [3.05, 3.63) is 36.0 Å². The van der Waals surface area contributed by atoms with E-state index >= 15 is 0 Å². The Morgan fingerprint density at radius 2 is 1.85 bits per heavy atom. The minimum atomic E-state index is -0.342. The molecule has 1 N–H and O–H groups in total. The fraction of sp³-hybridized carbons (Fsp3) is 0. The van der Waals surface area contributed by atoms with Crippen LogP contribution in [-0.4, -0.2) is 11.0 Å². The second kappa shape index (κ2) is 2.82. The molecule has 0 fully saturated rings. The van der Waals surface area contributed by atoms with Crippen LogP contribution in [0.1, 0.15) is 5.56 Å². The van der Waals surface area contributed by atoms with Crippen LogP contribution in [-0.2, 0) is 4.79 Å². The van der Waals surface area contributed by atoms with Gasteiger partial charge in [0.1, 0.15) is 5.75 Å². The first-order chi connectivity index (χ1) is 6.27. The predicted octanol–water partition coefficient (Wildman–Crippen LogP) is 1.73. The number of aromatic hydroxyl groups is 1. The number of azo groups is 1. The molecule has 2 rings (SSSR count). The lowest BCUT2D eigenvalue weighted by Gasteiger charge is -1.97. The quantitative estimate of drug-likeness (QED) is 0.704. The van der Waals surface area contributed by atoms with Crippen LogP contribution in [0.4, 0.5) is 0 Å². The standard InChI is InChI=1S/C9H6N2O2/c12-7-3-1-6(2-4-7)8-5-10-11-9(8)13/h1-5,12H. The van der Waals surface area contributed by atoms with Gasteiger partial charge in [-0.05, 0) is 17.7 Å². The number of carbonyl (C=O) groups is 1. The van der Waals surface area contributed by atoms with Crippen molar-refractivity contribution in [2.75, 3.05) is 0 Å². The number of phenols is 1. The highest BCUT2D eigenvalue weighted by Crippen LogP contribution is 2.22. The number of rotatable bonds is 1. The fourth-order valence-corrected chi connectivity index (χ4v) is 1.09. The van der Waals surface area contributed by atoms with Crippen molar-refractivity contribution in [3.63, 3.8) is 0 Å². The molecule has 4 nitrogen and oxygen atoms in total. The lowest BCUT2D eigenvalue weighted by Crippen LogP contribution is -1.92. The molecule has 1 aliphatic rings. The largest absolute Gasteiger partial charge is 0.508 e. The van der Waals surface area contributed by atoms with E-state index in [1.54, 1.807) is 12.1 Å². The van der Waals surface area contributed by atoms with E-state index in [2.05, 4.69) is 10.2 Å². The van der Waals surface area contributed by atoms with Gasteiger partial charge in [-0.3, -0.25) is 4.79 Å². The van der Waals surface area contributed by atoms with Crippen molar-refractivity contribution in [2.45, 2.75) is 0 Å². The van der Waals surface area contributed by atoms with Crippen molar-refractivity contribution in [1.29, 1.82) is 0 Å². The van der Waals surface area contributed by atoms with Crippen molar-refractivity contribution < 1.29 is 9.90 Å². The Morgan fingerprint density at radius 1 is 1.15 bits per heavy atom. The Kier molecular flexibility index (Phi) is 1.66. The molecule has 0 bridgehead atoms. The Balaban J connectivity index is 2.38. The summed E-state index contributed by atoms with van der Waals surface area (Å²) in [6.45, 7) is 0. The van der Waals surface area contributed by atoms with Gasteiger partial charge in [0.2, 0.25) is 0 Å². The van der Waals surface area contributed by atoms with Gasteiger partial charge in [0.05, 0.1) is 11.8 Å². The molecular formula is C9H6N2O2. The molecule has 13 heavy (non-hydrogen) atoms. The number of nitrogens with zero attached hydrogens (tertiary/aromatic N) is 2. The summed E-state index contributed by atoms with van der Waals surface area (Å²) in [5.41, 5.74) is 1.17. The number of amides is 1. The average molecular weight is 174 g/mol. The smallest absolute Gasteiger partial charge is 0.297 e. The monoisotopic (exact) mass is 174 g/mol. The van der Waals surface area contributed by atoms with Crippen LogP contribution >= 0.6 is 0 Å². The van der Waals surface area contributed by atoms with Gasteiger partial charge < -0.3 is 5.11 Å². The highest BCUT2D eigenvalue weighted by atomic mass is 16.3. The topological polar surface area (TPSA) is 62.0 Å². The number of phenolic OH excluding ortho intramolecular Hbond substituents is 1. The van der Waals surface area contributed by atoms with Crippen molar-refractivity contribution >= 4 is 11.5 Å². The van der Waals surface area contributed by atoms with E-state index in [4.69, 9.17) is 5.11 Å². The van der Waals surface area contributed by atoms with Crippen LogP contribution < -0.4 is 0 Å². The molecule has 0 spiro atoms. The molecule has 0 atom stereocenters. The zero-order chi connectivity index (χ0) is 9.26. The molecule has 1 aromatic carbocycles. The molecule has 0 saturated carbocycles. The fourth-order valence-electron chi connectivity index (χ4n) is 1.09. The zero-order valence-electron chi connectivity index (χ0n) is 6.64. The molecule has 1 aliphatic heterocycles. The van der Waals surface area contributed by atoms with Crippen LogP contribution in [0.5, 0.6) is 5.75 Å². The lowest BCUT2D eigenvalue weighted by atomic mass is 10.1. The number of hydrogen-bond acceptors (Lipinski definition) is 3. The summed E-state index contributed by atoms with van der Waals surface area (Å²) in [5.74, 6) is -0.172. The molecule has 1 amide bonds. The number of benzene rings is 1. The first-order valence-corrected chi connectivity index (χ1v) is 3.72. The Labute approximate surface area is 74.2 Å². The minimum Gasteiger partial charge on any atom is -0.508 e. The van der Waals surface area contributed by atoms with Crippen LogP contribution in [0.15, 0.2) is 40.7 Å². The molecule has 0 unspecified atom stereocenters. The van der Waals surface area contributed by atoms with Crippen LogP contribution in [0.2, 0.25) is 0 Å². The second-order valence-corrected chi connectivity index (χ2v) is 2.61. The van der Waals surface area contributed by atoms with E-state index < -0.39 is 0 Å². The van der Waals surface area contributed by atoms with Gasteiger partial charge in [-0.15, -0.1) is 5.11 Å². The predicted molar refractivity (Wildman–Crippen MR) is 45.9 cm³/mol. The highest BCUT2D eigenvalue weighted by molar-refractivity contribution is 6.20. The maximum absolute atomic E-state index is 11.1. The summed E-state index contributed by atoms with van der Waals surface area (Å²) in [5, 5.41) is 15.9. The van der Waals surface area contributed by atoms with Crippen LogP contribution in [0.25, 0.3) is 5.57 Å². The molecule has 1 heterocycles. The summed E-state index contributed by atoms with van der Waals surface area (Å²) in [6, 6.07) is 6.33. The van der Waals surface area contributed by atoms with E-state index in [0.29, 0.717) is 11.1 Å². The Morgan fingerprint density at radius 3 is 2.38 bits per heavy atom. The summed E-state index contributed by atoms with van der Waals surface area (Å²) < 4.78 is 0. The van der Waals surface area contributed by atoms with Gasteiger partial charge in [0, 0.05) is 0 Å². The molecule has 0 saturated heterocycles.